The van der Waals surface area contributed by atoms with E-state index < -0.39 is 0 Å². The second-order valence-electron chi connectivity index (χ2n) is 5.55. The fourth-order valence-electron chi connectivity index (χ4n) is 2.03. The minimum atomic E-state index is -0.00466. The molecule has 0 aliphatic carbocycles. The third kappa shape index (κ3) is 3.32. The summed E-state index contributed by atoms with van der Waals surface area (Å²) in [6.07, 6.45) is 1.47. The summed E-state index contributed by atoms with van der Waals surface area (Å²) in [7, 11) is 0. The van der Waals surface area contributed by atoms with Crippen molar-refractivity contribution in [2.24, 2.45) is 11.5 Å². The van der Waals surface area contributed by atoms with Gasteiger partial charge in [-0.25, -0.2) is 4.98 Å². The first-order valence-electron chi connectivity index (χ1n) is 6.53. The monoisotopic (exact) mass is 262 g/mol. The lowest BCUT2D eigenvalue weighted by atomic mass is 9.84. The maximum absolute atomic E-state index is 5.79. The van der Waals surface area contributed by atoms with Gasteiger partial charge in [0.1, 0.15) is 5.52 Å². The molecule has 0 fully saturated rings. The number of rotatable bonds is 6. The summed E-state index contributed by atoms with van der Waals surface area (Å²) >= 11 is 0. The topological polar surface area (TPSA) is 90.1 Å². The smallest absolute Gasteiger partial charge is 0.181 e. The highest BCUT2D eigenvalue weighted by molar-refractivity contribution is 5.73. The molecule has 1 atom stereocenters. The van der Waals surface area contributed by atoms with E-state index in [9.17, 15) is 0 Å². The first kappa shape index (κ1) is 14.0. The predicted octanol–water partition coefficient (Wildman–Crippen LogP) is 0.981. The van der Waals surface area contributed by atoms with Gasteiger partial charge < -0.3 is 21.2 Å². The van der Waals surface area contributed by atoms with Crippen molar-refractivity contribution < 1.29 is 4.42 Å². The maximum Gasteiger partial charge on any atom is 0.181 e. The highest BCUT2D eigenvalue weighted by Crippen LogP contribution is 2.25. The Hall–Kier alpha value is -1.43. The fraction of sp³-hybridized carbons (Fsp3) is 0.500. The molecule has 1 heterocycles. The number of nitrogens with one attached hydrogen (secondary N) is 1. The van der Waals surface area contributed by atoms with Crippen molar-refractivity contribution in [1.29, 1.82) is 0 Å². The van der Waals surface area contributed by atoms with Crippen LogP contribution in [0.25, 0.3) is 11.1 Å². The Morgan fingerprint density at radius 3 is 2.95 bits per heavy atom. The molecule has 1 aromatic carbocycles. The van der Waals surface area contributed by atoms with Crippen LogP contribution in [0.2, 0.25) is 0 Å². The van der Waals surface area contributed by atoms with Crippen LogP contribution in [0.15, 0.2) is 29.0 Å². The molecule has 0 spiro atoms. The van der Waals surface area contributed by atoms with Crippen molar-refractivity contribution in [3.05, 3.63) is 30.2 Å². The molecule has 0 amide bonds. The van der Waals surface area contributed by atoms with Gasteiger partial charge in [-0.15, -0.1) is 0 Å². The van der Waals surface area contributed by atoms with Gasteiger partial charge in [-0.05, 0) is 17.7 Å². The summed E-state index contributed by atoms with van der Waals surface area (Å²) in [6.45, 7) is 6.43. The highest BCUT2D eigenvalue weighted by atomic mass is 16.3. The molecule has 5 nitrogen and oxygen atoms in total. The molecule has 0 aliphatic rings. The molecule has 0 saturated heterocycles. The van der Waals surface area contributed by atoms with E-state index in [4.69, 9.17) is 15.9 Å². The van der Waals surface area contributed by atoms with Crippen molar-refractivity contribution in [2.75, 3.05) is 19.6 Å². The van der Waals surface area contributed by atoms with E-state index in [2.05, 4.69) is 30.2 Å². The third-order valence-electron chi connectivity index (χ3n) is 3.39. The number of aromatic nitrogens is 1. The number of benzene rings is 1. The second kappa shape index (κ2) is 5.69. The molecule has 0 aliphatic heterocycles. The lowest BCUT2D eigenvalue weighted by molar-refractivity contribution is 0.453. The van der Waals surface area contributed by atoms with Gasteiger partial charge >= 0.3 is 0 Å². The van der Waals surface area contributed by atoms with Crippen LogP contribution in [-0.4, -0.2) is 30.7 Å². The average molecular weight is 262 g/mol. The Labute approximate surface area is 113 Å². The highest BCUT2D eigenvalue weighted by Gasteiger charge is 2.21. The Morgan fingerprint density at radius 1 is 1.42 bits per heavy atom. The Bertz CT molecular complexity index is 535. The molecule has 2 aromatic rings. The fourth-order valence-corrected chi connectivity index (χ4v) is 2.03. The molecule has 19 heavy (non-hydrogen) atoms. The van der Waals surface area contributed by atoms with E-state index in [-0.39, 0.29) is 11.5 Å². The summed E-state index contributed by atoms with van der Waals surface area (Å²) in [5, 5.41) is 3.37. The summed E-state index contributed by atoms with van der Waals surface area (Å²) in [5.74, 6) is 0. The van der Waals surface area contributed by atoms with Crippen molar-refractivity contribution in [2.45, 2.75) is 25.3 Å². The Morgan fingerprint density at radius 2 is 2.21 bits per heavy atom. The summed E-state index contributed by atoms with van der Waals surface area (Å²) < 4.78 is 5.35. The molecule has 2 rings (SSSR count). The molecule has 0 bridgehead atoms. The molecule has 0 radical (unpaired) electrons. The predicted molar refractivity (Wildman–Crippen MR) is 76.9 cm³/mol. The Kier molecular flexibility index (Phi) is 4.19. The zero-order valence-corrected chi connectivity index (χ0v) is 11.5. The van der Waals surface area contributed by atoms with Crippen molar-refractivity contribution in [1.82, 2.24) is 10.3 Å². The van der Waals surface area contributed by atoms with E-state index in [0.29, 0.717) is 6.54 Å². The SMILES string of the molecule is CC(C)(CNCC(N)CN)c1ccc2ncoc2c1. The maximum atomic E-state index is 5.79. The third-order valence-corrected chi connectivity index (χ3v) is 3.39. The first-order valence-corrected chi connectivity index (χ1v) is 6.53. The normalized spacial score (nSPS) is 13.9. The number of oxazole rings is 1. The van der Waals surface area contributed by atoms with Crippen molar-refractivity contribution >= 4 is 11.1 Å². The van der Waals surface area contributed by atoms with Gasteiger partial charge in [0.05, 0.1) is 0 Å². The molecule has 0 saturated carbocycles. The average Bonchev–Trinajstić information content (AvgIpc) is 2.85. The molecule has 1 unspecified atom stereocenters. The molecular weight excluding hydrogens is 240 g/mol. The standard InChI is InChI=1S/C14H22N4O/c1-14(2,8-17-7-11(16)6-15)10-3-4-12-13(5-10)19-9-18-12/h3-5,9,11,17H,6-8,15-16H2,1-2H3. The van der Waals surface area contributed by atoms with Crippen LogP contribution in [0.4, 0.5) is 0 Å². The quantitative estimate of drug-likeness (QED) is 0.722. The van der Waals surface area contributed by atoms with Gasteiger partial charge in [0.2, 0.25) is 0 Å². The van der Waals surface area contributed by atoms with Gasteiger partial charge in [-0.2, -0.15) is 0 Å². The van der Waals surface area contributed by atoms with Crippen LogP contribution >= 0.6 is 0 Å². The van der Waals surface area contributed by atoms with Crippen molar-refractivity contribution in [3.63, 3.8) is 0 Å². The van der Waals surface area contributed by atoms with Crippen LogP contribution in [0.5, 0.6) is 0 Å². The molecule has 1 aromatic heterocycles. The summed E-state index contributed by atoms with van der Waals surface area (Å²) in [4.78, 5) is 4.13. The second-order valence-corrected chi connectivity index (χ2v) is 5.55. The lowest BCUT2D eigenvalue weighted by Crippen LogP contribution is -2.43. The number of hydrogen-bond acceptors (Lipinski definition) is 5. The number of hydrogen-bond donors (Lipinski definition) is 3. The zero-order valence-electron chi connectivity index (χ0n) is 11.5. The van der Waals surface area contributed by atoms with E-state index in [1.807, 2.05) is 12.1 Å². The van der Waals surface area contributed by atoms with Gasteiger partial charge in [-0.1, -0.05) is 19.9 Å². The van der Waals surface area contributed by atoms with Gasteiger partial charge in [0.25, 0.3) is 0 Å². The van der Waals surface area contributed by atoms with Crippen LogP contribution in [-0.2, 0) is 5.41 Å². The van der Waals surface area contributed by atoms with E-state index >= 15 is 0 Å². The largest absolute Gasteiger partial charge is 0.443 e. The summed E-state index contributed by atoms with van der Waals surface area (Å²) in [6, 6.07) is 6.14. The van der Waals surface area contributed by atoms with Gasteiger partial charge in [0.15, 0.2) is 12.0 Å². The van der Waals surface area contributed by atoms with E-state index in [0.717, 1.165) is 24.2 Å². The van der Waals surface area contributed by atoms with E-state index in [1.165, 1.54) is 12.0 Å². The van der Waals surface area contributed by atoms with Crippen LogP contribution in [0.3, 0.4) is 0 Å². The lowest BCUT2D eigenvalue weighted by Gasteiger charge is -2.26. The van der Waals surface area contributed by atoms with Crippen LogP contribution in [0, 0.1) is 0 Å². The Balaban J connectivity index is 2.05. The van der Waals surface area contributed by atoms with Gasteiger partial charge in [-0.3, -0.25) is 0 Å². The van der Waals surface area contributed by atoms with E-state index in [1.54, 1.807) is 0 Å². The minimum Gasteiger partial charge on any atom is -0.443 e. The number of fused-ring (bicyclic) bond motifs is 1. The van der Waals surface area contributed by atoms with Crippen LogP contribution in [0.1, 0.15) is 19.4 Å². The molecular formula is C14H22N4O. The molecule has 5 N–H and O–H groups in total. The first-order chi connectivity index (χ1) is 9.03. The van der Waals surface area contributed by atoms with Gasteiger partial charge in [0, 0.05) is 31.1 Å². The zero-order chi connectivity index (χ0) is 13.9. The summed E-state index contributed by atoms with van der Waals surface area (Å²) in [5.41, 5.74) is 14.2. The van der Waals surface area contributed by atoms with Crippen molar-refractivity contribution in [3.8, 4) is 0 Å². The number of nitrogens with two attached hydrogens (primary N) is 2. The molecule has 104 valence electrons. The minimum absolute atomic E-state index is 0.00466. The number of nitrogens with zero attached hydrogens (tertiary/aromatic N) is 1. The molecule has 5 heteroatoms. The van der Waals surface area contributed by atoms with Crippen LogP contribution < -0.4 is 16.8 Å².